The van der Waals surface area contributed by atoms with Gasteiger partial charge in [-0.2, -0.15) is 0 Å². The van der Waals surface area contributed by atoms with Crippen LogP contribution in [0.4, 0.5) is 15.9 Å². The van der Waals surface area contributed by atoms with Crippen LogP contribution in [-0.2, 0) is 10.0 Å². The van der Waals surface area contributed by atoms with E-state index in [1.165, 1.54) is 12.3 Å². The van der Waals surface area contributed by atoms with Crippen LogP contribution in [0.3, 0.4) is 0 Å². The van der Waals surface area contributed by atoms with Crippen molar-refractivity contribution < 1.29 is 12.8 Å². The number of rotatable bonds is 3. The number of pyridine rings is 1. The van der Waals surface area contributed by atoms with Crippen molar-refractivity contribution in [1.82, 2.24) is 4.98 Å². The Morgan fingerprint density at radius 1 is 1.38 bits per heavy atom. The third-order valence-corrected chi connectivity index (χ3v) is 5.05. The summed E-state index contributed by atoms with van der Waals surface area (Å²) in [7, 11) is -4.19. The Bertz CT molecular complexity index is 814. The van der Waals surface area contributed by atoms with Crippen molar-refractivity contribution in [3.63, 3.8) is 0 Å². The van der Waals surface area contributed by atoms with Crippen molar-refractivity contribution in [2.75, 3.05) is 10.5 Å². The molecule has 0 fully saturated rings. The average molecular weight is 395 g/mol. The Morgan fingerprint density at radius 3 is 2.67 bits per heavy atom. The van der Waals surface area contributed by atoms with Gasteiger partial charge in [-0.25, -0.2) is 17.8 Å². The highest BCUT2D eigenvalue weighted by atomic mass is 79.9. The molecule has 112 valence electrons. The van der Waals surface area contributed by atoms with E-state index >= 15 is 0 Å². The molecule has 0 spiro atoms. The SMILES string of the molecule is Cc1cc(NS(=O)(=O)c2cc(N)cc(Cl)c2F)ncc1Br. The molecule has 21 heavy (non-hydrogen) atoms. The lowest BCUT2D eigenvalue weighted by atomic mass is 10.3. The van der Waals surface area contributed by atoms with E-state index in [0.29, 0.717) is 0 Å². The molecule has 0 radical (unpaired) electrons. The summed E-state index contributed by atoms with van der Waals surface area (Å²) in [5, 5.41) is -0.365. The van der Waals surface area contributed by atoms with Crippen molar-refractivity contribution in [1.29, 1.82) is 0 Å². The number of hydrogen-bond donors (Lipinski definition) is 2. The molecule has 5 nitrogen and oxygen atoms in total. The summed E-state index contributed by atoms with van der Waals surface area (Å²) in [6, 6.07) is 3.64. The van der Waals surface area contributed by atoms with Crippen molar-refractivity contribution in [3.05, 3.63) is 45.3 Å². The van der Waals surface area contributed by atoms with Crippen molar-refractivity contribution >= 4 is 49.1 Å². The predicted octanol–water partition coefficient (Wildman–Crippen LogP) is 3.33. The van der Waals surface area contributed by atoms with Gasteiger partial charge in [0, 0.05) is 16.4 Å². The summed E-state index contributed by atoms with van der Waals surface area (Å²) in [5.41, 5.74) is 6.31. The van der Waals surface area contributed by atoms with Crippen LogP contribution in [-0.4, -0.2) is 13.4 Å². The number of nitrogens with one attached hydrogen (secondary N) is 1. The first-order valence-corrected chi connectivity index (χ1v) is 8.25. The lowest BCUT2D eigenvalue weighted by Gasteiger charge is -2.10. The summed E-state index contributed by atoms with van der Waals surface area (Å²) in [6.45, 7) is 1.77. The molecular weight excluding hydrogens is 385 g/mol. The molecule has 1 aromatic heterocycles. The van der Waals surface area contributed by atoms with E-state index in [0.717, 1.165) is 22.2 Å². The Morgan fingerprint density at radius 2 is 2.05 bits per heavy atom. The van der Waals surface area contributed by atoms with Gasteiger partial charge in [0.1, 0.15) is 10.7 Å². The molecule has 1 aromatic carbocycles. The molecule has 1 heterocycles. The van der Waals surface area contributed by atoms with Crippen molar-refractivity contribution in [2.24, 2.45) is 0 Å². The molecule has 0 aliphatic carbocycles. The number of benzene rings is 1. The van der Waals surface area contributed by atoms with E-state index < -0.39 is 20.7 Å². The van der Waals surface area contributed by atoms with Gasteiger partial charge in [-0.15, -0.1) is 0 Å². The molecule has 0 amide bonds. The summed E-state index contributed by atoms with van der Waals surface area (Å²) in [5.74, 6) is -0.999. The van der Waals surface area contributed by atoms with E-state index in [-0.39, 0.29) is 16.5 Å². The number of nitrogens with zero attached hydrogens (tertiary/aromatic N) is 1. The van der Waals surface area contributed by atoms with Gasteiger partial charge < -0.3 is 5.73 Å². The number of aryl methyl sites for hydroxylation is 1. The zero-order chi connectivity index (χ0) is 15.8. The monoisotopic (exact) mass is 393 g/mol. The van der Waals surface area contributed by atoms with Gasteiger partial charge in [-0.3, -0.25) is 4.72 Å². The van der Waals surface area contributed by atoms with Crippen LogP contribution >= 0.6 is 27.5 Å². The van der Waals surface area contributed by atoms with Gasteiger partial charge in [-0.05, 0) is 46.6 Å². The second-order valence-electron chi connectivity index (χ2n) is 4.24. The van der Waals surface area contributed by atoms with E-state index in [9.17, 15) is 12.8 Å². The number of halogens is 3. The third kappa shape index (κ3) is 3.45. The summed E-state index contributed by atoms with van der Waals surface area (Å²) in [6.07, 6.45) is 1.44. The minimum atomic E-state index is -4.19. The number of sulfonamides is 1. The van der Waals surface area contributed by atoms with E-state index in [1.807, 2.05) is 0 Å². The second-order valence-corrected chi connectivity index (χ2v) is 7.15. The van der Waals surface area contributed by atoms with Crippen LogP contribution in [0.1, 0.15) is 5.56 Å². The van der Waals surface area contributed by atoms with Crippen LogP contribution < -0.4 is 10.5 Å². The lowest BCUT2D eigenvalue weighted by Crippen LogP contribution is -2.16. The zero-order valence-electron chi connectivity index (χ0n) is 10.7. The fourth-order valence-electron chi connectivity index (χ4n) is 1.57. The van der Waals surface area contributed by atoms with Crippen LogP contribution in [0.25, 0.3) is 0 Å². The van der Waals surface area contributed by atoms with Crippen LogP contribution in [0.15, 0.2) is 33.8 Å². The molecule has 0 unspecified atom stereocenters. The van der Waals surface area contributed by atoms with Gasteiger partial charge >= 0.3 is 0 Å². The van der Waals surface area contributed by atoms with E-state index in [1.54, 1.807) is 6.92 Å². The number of nitrogens with two attached hydrogens (primary N) is 1. The number of hydrogen-bond acceptors (Lipinski definition) is 4. The molecule has 9 heteroatoms. The maximum atomic E-state index is 13.9. The fraction of sp³-hybridized carbons (Fsp3) is 0.0833. The Kier molecular flexibility index (Phi) is 4.40. The highest BCUT2D eigenvalue weighted by Crippen LogP contribution is 2.27. The average Bonchev–Trinajstić information content (AvgIpc) is 2.37. The summed E-state index contributed by atoms with van der Waals surface area (Å²) >= 11 is 8.86. The van der Waals surface area contributed by atoms with Crippen molar-refractivity contribution in [3.8, 4) is 0 Å². The normalized spacial score (nSPS) is 11.4. The van der Waals surface area contributed by atoms with Crippen LogP contribution in [0, 0.1) is 12.7 Å². The summed E-state index contributed by atoms with van der Waals surface area (Å²) < 4.78 is 41.2. The van der Waals surface area contributed by atoms with Gasteiger partial charge in [-0.1, -0.05) is 11.6 Å². The summed E-state index contributed by atoms with van der Waals surface area (Å²) in [4.78, 5) is 3.27. The fourth-order valence-corrected chi connectivity index (χ4v) is 3.20. The van der Waals surface area contributed by atoms with Crippen LogP contribution in [0.2, 0.25) is 5.02 Å². The zero-order valence-corrected chi connectivity index (χ0v) is 13.9. The molecule has 2 aromatic rings. The number of anilines is 2. The largest absolute Gasteiger partial charge is 0.399 e. The highest BCUT2D eigenvalue weighted by Gasteiger charge is 2.22. The van der Waals surface area contributed by atoms with Crippen molar-refractivity contribution in [2.45, 2.75) is 11.8 Å². The lowest BCUT2D eigenvalue weighted by molar-refractivity contribution is 0.570. The smallest absolute Gasteiger partial charge is 0.266 e. The first kappa shape index (κ1) is 16.0. The van der Waals surface area contributed by atoms with Gasteiger partial charge in [0.05, 0.1) is 5.02 Å². The molecule has 2 rings (SSSR count). The van der Waals surface area contributed by atoms with Crippen LogP contribution in [0.5, 0.6) is 0 Å². The molecule has 0 atom stereocenters. The second kappa shape index (κ2) is 5.78. The molecule has 0 aliphatic heterocycles. The molecular formula is C12H10BrClFN3O2S. The highest BCUT2D eigenvalue weighted by molar-refractivity contribution is 9.10. The predicted molar refractivity (Wildman–Crippen MR) is 83.3 cm³/mol. The topological polar surface area (TPSA) is 85.1 Å². The Balaban J connectivity index is 2.45. The minimum Gasteiger partial charge on any atom is -0.399 e. The van der Waals surface area contributed by atoms with E-state index in [4.69, 9.17) is 17.3 Å². The minimum absolute atomic E-state index is 0.0433. The van der Waals surface area contributed by atoms with Gasteiger partial charge in [0.2, 0.25) is 0 Å². The first-order valence-electron chi connectivity index (χ1n) is 5.60. The molecule has 0 saturated heterocycles. The molecule has 0 saturated carbocycles. The maximum absolute atomic E-state index is 13.9. The first-order chi connectivity index (χ1) is 9.70. The standard InChI is InChI=1S/C12H10BrClFN3O2S/c1-6-2-11(17-5-8(6)13)18-21(19,20)10-4-7(16)3-9(14)12(10)15/h2-5H,16H2,1H3,(H,17,18). The van der Waals surface area contributed by atoms with Gasteiger partial charge in [0.15, 0.2) is 5.82 Å². The maximum Gasteiger partial charge on any atom is 0.266 e. The number of nitrogen functional groups attached to an aromatic ring is 1. The number of aromatic nitrogens is 1. The molecule has 3 N–H and O–H groups in total. The Labute approximate surface area is 134 Å². The third-order valence-electron chi connectivity index (χ3n) is 2.59. The molecule has 0 bridgehead atoms. The quantitative estimate of drug-likeness (QED) is 0.782. The van der Waals surface area contributed by atoms with Gasteiger partial charge in [0.25, 0.3) is 10.0 Å². The van der Waals surface area contributed by atoms with E-state index in [2.05, 4.69) is 25.6 Å². The molecule has 0 aliphatic rings. The Hall–Kier alpha value is -1.38.